The first kappa shape index (κ1) is 20.3. The molecule has 0 saturated heterocycles. The van der Waals surface area contributed by atoms with Gasteiger partial charge in [0.2, 0.25) is 0 Å². The lowest BCUT2D eigenvalue weighted by atomic mass is 10.0. The molecule has 0 bridgehead atoms. The Hall–Kier alpha value is -3.46. The minimum atomic E-state index is -0.705. The SMILES string of the molecule is CCOC(=O)C1=C(COC(=O)c2ccc(C=O)cc2)NC(=O)N[C@@H]1c1cccs1. The van der Waals surface area contributed by atoms with Crippen LogP contribution < -0.4 is 10.6 Å². The standard InChI is InChI=1S/C20H18N2O6S/c1-2-27-19(25)16-14(21-20(26)22-17(16)15-4-3-9-29-15)11-28-18(24)13-7-5-12(10-23)6-8-13/h3-10,17H,2,11H2,1H3,(H2,21,22,26)/t17-/m1/s1. The maximum atomic E-state index is 12.6. The van der Waals surface area contributed by atoms with Gasteiger partial charge in [0.25, 0.3) is 0 Å². The Bertz CT molecular complexity index is 950. The van der Waals surface area contributed by atoms with Gasteiger partial charge < -0.3 is 20.1 Å². The quantitative estimate of drug-likeness (QED) is 0.532. The Morgan fingerprint density at radius 1 is 1.14 bits per heavy atom. The van der Waals surface area contributed by atoms with E-state index in [9.17, 15) is 19.2 Å². The Morgan fingerprint density at radius 2 is 1.90 bits per heavy atom. The number of nitrogens with one attached hydrogen (secondary N) is 2. The number of esters is 2. The summed E-state index contributed by atoms with van der Waals surface area (Å²) in [5, 5.41) is 7.06. The van der Waals surface area contributed by atoms with Crippen molar-refractivity contribution < 1.29 is 28.7 Å². The van der Waals surface area contributed by atoms with E-state index in [1.54, 1.807) is 19.1 Å². The highest BCUT2D eigenvalue weighted by molar-refractivity contribution is 7.10. The molecular formula is C20H18N2O6S. The number of benzene rings is 1. The second-order valence-electron chi connectivity index (χ2n) is 5.98. The van der Waals surface area contributed by atoms with Gasteiger partial charge in [-0.25, -0.2) is 14.4 Å². The minimum Gasteiger partial charge on any atom is -0.463 e. The zero-order chi connectivity index (χ0) is 20.8. The maximum Gasteiger partial charge on any atom is 0.338 e. The molecule has 0 aliphatic carbocycles. The van der Waals surface area contributed by atoms with Gasteiger partial charge in [0, 0.05) is 10.4 Å². The zero-order valence-electron chi connectivity index (χ0n) is 15.5. The molecule has 2 heterocycles. The van der Waals surface area contributed by atoms with Crippen molar-refractivity contribution >= 4 is 35.6 Å². The molecule has 2 amide bonds. The lowest BCUT2D eigenvalue weighted by Gasteiger charge is -2.28. The lowest BCUT2D eigenvalue weighted by molar-refractivity contribution is -0.139. The highest BCUT2D eigenvalue weighted by Gasteiger charge is 2.34. The van der Waals surface area contributed by atoms with Gasteiger partial charge in [-0.15, -0.1) is 11.3 Å². The van der Waals surface area contributed by atoms with Crippen LogP contribution in [0.2, 0.25) is 0 Å². The Morgan fingerprint density at radius 3 is 2.52 bits per heavy atom. The molecule has 9 heteroatoms. The third kappa shape index (κ3) is 4.69. The van der Waals surface area contributed by atoms with Gasteiger partial charge in [0.15, 0.2) is 0 Å². The molecule has 1 aromatic heterocycles. The molecular weight excluding hydrogens is 396 g/mol. The fourth-order valence-corrected chi connectivity index (χ4v) is 3.55. The van der Waals surface area contributed by atoms with Crippen molar-refractivity contribution in [1.82, 2.24) is 10.6 Å². The Kier molecular flexibility index (Phi) is 6.40. The Balaban J connectivity index is 1.86. The van der Waals surface area contributed by atoms with Gasteiger partial charge in [0.1, 0.15) is 12.9 Å². The number of hydrogen-bond acceptors (Lipinski definition) is 7. The van der Waals surface area contributed by atoms with Crippen LogP contribution in [0.25, 0.3) is 0 Å². The monoisotopic (exact) mass is 414 g/mol. The van der Waals surface area contributed by atoms with Crippen LogP contribution in [0.3, 0.4) is 0 Å². The number of aldehydes is 1. The largest absolute Gasteiger partial charge is 0.463 e. The molecule has 29 heavy (non-hydrogen) atoms. The topological polar surface area (TPSA) is 111 Å². The molecule has 2 aromatic rings. The van der Waals surface area contributed by atoms with Gasteiger partial charge in [-0.3, -0.25) is 4.79 Å². The summed E-state index contributed by atoms with van der Waals surface area (Å²) in [4.78, 5) is 48.5. The van der Waals surface area contributed by atoms with Gasteiger partial charge in [-0.1, -0.05) is 18.2 Å². The molecule has 3 rings (SSSR count). The molecule has 0 fully saturated rings. The molecule has 0 spiro atoms. The van der Waals surface area contributed by atoms with E-state index in [0.717, 1.165) is 4.88 Å². The van der Waals surface area contributed by atoms with Crippen molar-refractivity contribution in [2.75, 3.05) is 13.2 Å². The minimum absolute atomic E-state index is 0.156. The second-order valence-corrected chi connectivity index (χ2v) is 6.95. The van der Waals surface area contributed by atoms with Crippen molar-refractivity contribution in [2.24, 2.45) is 0 Å². The summed E-state index contributed by atoms with van der Waals surface area (Å²) in [5.41, 5.74) is 1.00. The number of rotatable bonds is 7. The second kappa shape index (κ2) is 9.16. The first-order valence-corrected chi connectivity index (χ1v) is 9.65. The number of thiophene rings is 1. The molecule has 0 unspecified atom stereocenters. The van der Waals surface area contributed by atoms with Crippen LogP contribution in [0.5, 0.6) is 0 Å². The van der Waals surface area contributed by atoms with Gasteiger partial charge in [-0.05, 0) is 30.5 Å². The van der Waals surface area contributed by atoms with Gasteiger partial charge in [0.05, 0.1) is 29.5 Å². The van der Waals surface area contributed by atoms with E-state index in [1.165, 1.54) is 35.6 Å². The maximum absolute atomic E-state index is 12.6. The van der Waals surface area contributed by atoms with Crippen LogP contribution in [0.1, 0.15) is 38.6 Å². The van der Waals surface area contributed by atoms with Crippen molar-refractivity contribution in [1.29, 1.82) is 0 Å². The lowest BCUT2D eigenvalue weighted by Crippen LogP contribution is -2.46. The summed E-state index contributed by atoms with van der Waals surface area (Å²) in [6.45, 7) is 1.51. The van der Waals surface area contributed by atoms with Crippen LogP contribution in [0.15, 0.2) is 53.0 Å². The van der Waals surface area contributed by atoms with E-state index in [0.29, 0.717) is 11.8 Å². The highest BCUT2D eigenvalue weighted by atomic mass is 32.1. The molecule has 0 radical (unpaired) electrons. The van der Waals surface area contributed by atoms with Crippen LogP contribution in [0.4, 0.5) is 4.79 Å². The van der Waals surface area contributed by atoms with Crippen molar-refractivity contribution in [3.8, 4) is 0 Å². The van der Waals surface area contributed by atoms with E-state index < -0.39 is 24.0 Å². The van der Waals surface area contributed by atoms with Crippen LogP contribution >= 0.6 is 11.3 Å². The highest BCUT2D eigenvalue weighted by Crippen LogP contribution is 2.30. The average molecular weight is 414 g/mol. The molecule has 150 valence electrons. The Labute approximate surface area is 170 Å². The molecule has 0 saturated carbocycles. The first-order valence-electron chi connectivity index (χ1n) is 8.77. The molecule has 1 aliphatic rings. The number of ether oxygens (including phenoxy) is 2. The molecule has 2 N–H and O–H groups in total. The molecule has 1 aliphatic heterocycles. The molecule has 8 nitrogen and oxygen atoms in total. The first-order chi connectivity index (χ1) is 14.0. The van der Waals surface area contributed by atoms with E-state index in [4.69, 9.17) is 9.47 Å². The average Bonchev–Trinajstić information content (AvgIpc) is 3.26. The zero-order valence-corrected chi connectivity index (χ0v) is 16.3. The predicted molar refractivity (Wildman–Crippen MR) is 104 cm³/mol. The smallest absolute Gasteiger partial charge is 0.338 e. The van der Waals surface area contributed by atoms with E-state index in [1.807, 2.05) is 5.38 Å². The third-order valence-electron chi connectivity index (χ3n) is 4.11. The predicted octanol–water partition coefficient (Wildman–Crippen LogP) is 2.59. The van der Waals surface area contributed by atoms with E-state index in [-0.39, 0.29) is 30.0 Å². The van der Waals surface area contributed by atoms with Crippen molar-refractivity contribution in [3.05, 3.63) is 69.1 Å². The normalized spacial score (nSPS) is 15.9. The third-order valence-corrected chi connectivity index (χ3v) is 5.04. The fraction of sp³-hybridized carbons (Fsp3) is 0.200. The number of hydrogen-bond donors (Lipinski definition) is 2. The summed E-state index contributed by atoms with van der Waals surface area (Å²) in [5.74, 6) is -1.27. The van der Waals surface area contributed by atoms with Crippen LogP contribution in [-0.4, -0.2) is 37.5 Å². The number of urea groups is 1. The van der Waals surface area contributed by atoms with Gasteiger partial charge >= 0.3 is 18.0 Å². The number of carbonyl (C=O) groups excluding carboxylic acids is 4. The fourth-order valence-electron chi connectivity index (χ4n) is 2.77. The van der Waals surface area contributed by atoms with E-state index in [2.05, 4.69) is 10.6 Å². The molecule has 1 atom stereocenters. The van der Waals surface area contributed by atoms with Gasteiger partial charge in [-0.2, -0.15) is 0 Å². The van der Waals surface area contributed by atoms with Crippen LogP contribution in [0, 0.1) is 0 Å². The summed E-state index contributed by atoms with van der Waals surface area (Å²) in [6, 6.07) is 8.28. The molecule has 1 aromatic carbocycles. The van der Waals surface area contributed by atoms with Crippen LogP contribution in [-0.2, 0) is 14.3 Å². The number of amides is 2. The summed E-state index contributed by atoms with van der Waals surface area (Å²) >= 11 is 1.38. The van der Waals surface area contributed by atoms with Crippen molar-refractivity contribution in [3.63, 3.8) is 0 Å². The van der Waals surface area contributed by atoms with E-state index >= 15 is 0 Å². The summed E-state index contributed by atoms with van der Waals surface area (Å²) < 4.78 is 10.4. The van der Waals surface area contributed by atoms with Crippen molar-refractivity contribution in [2.45, 2.75) is 13.0 Å². The summed E-state index contributed by atoms with van der Waals surface area (Å²) in [6.07, 6.45) is 0.667. The number of carbonyl (C=O) groups is 4. The summed E-state index contributed by atoms with van der Waals surface area (Å²) in [7, 11) is 0.